The van der Waals surface area contributed by atoms with Gasteiger partial charge in [-0.15, -0.1) is 0 Å². The Morgan fingerprint density at radius 1 is 1.06 bits per heavy atom. The Kier molecular flexibility index (Phi) is 6.11. The minimum absolute atomic E-state index is 0.134. The number of phenols is 1. The third-order valence-electron chi connectivity index (χ3n) is 5.58. The molecule has 1 aliphatic heterocycles. The second-order valence-electron chi connectivity index (χ2n) is 7.87. The van der Waals surface area contributed by atoms with Gasteiger partial charge in [0.25, 0.3) is 11.6 Å². The molecule has 0 fully saturated rings. The van der Waals surface area contributed by atoms with Gasteiger partial charge in [0.1, 0.15) is 23.5 Å². The minimum atomic E-state index is -1.85. The first-order valence-electron chi connectivity index (χ1n) is 10.4. The van der Waals surface area contributed by atoms with E-state index >= 15 is 0 Å². The largest absolute Gasteiger partial charge is 0.507 e. The van der Waals surface area contributed by atoms with Crippen LogP contribution in [0.4, 0.5) is 11.4 Å². The number of nitrogens with zero attached hydrogens (tertiary/aromatic N) is 1. The van der Waals surface area contributed by atoms with Crippen molar-refractivity contribution < 1.29 is 33.9 Å². The van der Waals surface area contributed by atoms with Gasteiger partial charge in [-0.2, -0.15) is 0 Å². The molecule has 0 saturated carbocycles. The van der Waals surface area contributed by atoms with Gasteiger partial charge in [0.05, 0.1) is 16.1 Å². The van der Waals surface area contributed by atoms with Crippen LogP contribution in [0.15, 0.2) is 66.7 Å². The molecular formula is C25H18N2O8. The number of benzene rings is 3. The highest BCUT2D eigenvalue weighted by molar-refractivity contribution is 6.45. The molecular weight excluding hydrogens is 456 g/mol. The fraction of sp³-hybridized carbons (Fsp3) is 0.120. The summed E-state index contributed by atoms with van der Waals surface area (Å²) >= 11 is 0. The number of hydrogen-bond acceptors (Lipinski definition) is 8. The van der Waals surface area contributed by atoms with E-state index in [2.05, 4.69) is 5.32 Å². The van der Waals surface area contributed by atoms with Gasteiger partial charge in [0.2, 0.25) is 5.78 Å². The molecule has 4 rings (SSSR count). The lowest BCUT2D eigenvalue weighted by molar-refractivity contribution is -0.384. The number of fused-ring (bicyclic) bond motifs is 1. The number of nitro groups is 1. The number of Topliss-reactive ketones (excluding diaryl/α,β-unsaturated/α-hetero) is 2. The molecule has 1 heterocycles. The normalized spacial score (nSPS) is 15.0. The number of ether oxygens (including phenoxy) is 1. The quantitative estimate of drug-likeness (QED) is 0.132. The van der Waals surface area contributed by atoms with Crippen LogP contribution in [0.1, 0.15) is 37.9 Å². The summed E-state index contributed by atoms with van der Waals surface area (Å²) in [6.07, 6.45) is -1.43. The number of nitro benzene ring substituents is 1. The first kappa shape index (κ1) is 23.3. The van der Waals surface area contributed by atoms with E-state index < -0.39 is 51.8 Å². The molecule has 0 aromatic heterocycles. The van der Waals surface area contributed by atoms with Crippen molar-refractivity contribution in [2.75, 3.05) is 5.32 Å². The van der Waals surface area contributed by atoms with Gasteiger partial charge in [0.15, 0.2) is 5.78 Å². The zero-order valence-electron chi connectivity index (χ0n) is 18.3. The number of hydrogen-bond donors (Lipinski definition) is 2. The third-order valence-corrected chi connectivity index (χ3v) is 5.58. The van der Waals surface area contributed by atoms with E-state index in [0.717, 1.165) is 0 Å². The van der Waals surface area contributed by atoms with Gasteiger partial charge < -0.3 is 15.2 Å². The Bertz CT molecular complexity index is 1400. The maximum Gasteiger partial charge on any atom is 0.339 e. The van der Waals surface area contributed by atoms with E-state index in [-0.39, 0.29) is 22.4 Å². The average Bonchev–Trinajstić information content (AvgIpc) is 3.16. The van der Waals surface area contributed by atoms with E-state index in [1.807, 2.05) is 0 Å². The Labute approximate surface area is 198 Å². The summed E-state index contributed by atoms with van der Waals surface area (Å²) in [5, 5.41) is 23.8. The van der Waals surface area contributed by atoms with E-state index in [4.69, 9.17) is 4.74 Å². The SMILES string of the molecule is Cc1ccc(NC(=O)C(=O)[C@@H](C(=O)c2ccccc2O)[C@@H]2OC(=O)c3ccccc32)c([N+](=O)[O-])c1. The first-order chi connectivity index (χ1) is 16.7. The van der Waals surface area contributed by atoms with Gasteiger partial charge in [0, 0.05) is 11.6 Å². The standard InChI is InChI=1S/C25H18N2O8/c1-13-10-11-17(18(12-13)27(33)34)26-24(31)22(30)20(21(29)16-8-4-5-9-19(16)28)23-14-6-2-3-7-15(14)25(32)35-23/h2-12,20,23,28H,1H3,(H,26,31)/t20-,23-/m1/s1. The molecule has 3 aromatic carbocycles. The number of esters is 1. The molecule has 35 heavy (non-hydrogen) atoms. The molecule has 1 aliphatic rings. The summed E-state index contributed by atoms with van der Waals surface area (Å²) < 4.78 is 5.33. The van der Waals surface area contributed by atoms with Crippen LogP contribution in [0.25, 0.3) is 0 Å². The highest BCUT2D eigenvalue weighted by Gasteiger charge is 2.46. The zero-order chi connectivity index (χ0) is 25.3. The Morgan fingerprint density at radius 2 is 1.74 bits per heavy atom. The number of anilines is 1. The number of rotatable bonds is 7. The molecule has 0 bridgehead atoms. The summed E-state index contributed by atoms with van der Waals surface area (Å²) in [5.74, 6) is -6.60. The Hall–Kier alpha value is -4.86. The number of aryl methyl sites for hydroxylation is 1. The van der Waals surface area contributed by atoms with Crippen molar-refractivity contribution in [1.82, 2.24) is 0 Å². The number of phenolic OH excluding ortho intramolecular Hbond substituents is 1. The summed E-state index contributed by atoms with van der Waals surface area (Å²) in [6, 6.07) is 15.5. The number of amides is 1. The number of nitrogens with one attached hydrogen (secondary N) is 1. The van der Waals surface area contributed by atoms with Gasteiger partial charge in [-0.05, 0) is 36.8 Å². The molecule has 2 atom stereocenters. The predicted octanol–water partition coefficient (Wildman–Crippen LogP) is 3.53. The highest BCUT2D eigenvalue weighted by Crippen LogP contribution is 2.39. The maximum absolute atomic E-state index is 13.4. The van der Waals surface area contributed by atoms with E-state index in [0.29, 0.717) is 5.56 Å². The summed E-state index contributed by atoms with van der Waals surface area (Å²) in [7, 11) is 0. The summed E-state index contributed by atoms with van der Waals surface area (Å²) in [4.78, 5) is 62.8. The van der Waals surface area contributed by atoms with E-state index in [1.165, 1.54) is 54.6 Å². The summed E-state index contributed by atoms with van der Waals surface area (Å²) in [5.41, 5.74) is -0.00361. The lowest BCUT2D eigenvalue weighted by Gasteiger charge is -2.21. The molecule has 0 aliphatic carbocycles. The lowest BCUT2D eigenvalue weighted by atomic mass is 9.84. The molecule has 0 unspecified atom stereocenters. The predicted molar refractivity (Wildman–Crippen MR) is 122 cm³/mol. The lowest BCUT2D eigenvalue weighted by Crippen LogP contribution is -2.38. The number of para-hydroxylation sites is 1. The van der Waals surface area contributed by atoms with Crippen LogP contribution in [0, 0.1) is 23.0 Å². The third kappa shape index (κ3) is 4.36. The van der Waals surface area contributed by atoms with Gasteiger partial charge in [-0.25, -0.2) is 4.79 Å². The first-order valence-corrected chi connectivity index (χ1v) is 10.4. The zero-order valence-corrected chi connectivity index (χ0v) is 18.3. The van der Waals surface area contributed by atoms with E-state index in [1.54, 1.807) is 19.1 Å². The molecule has 0 radical (unpaired) electrons. The summed E-state index contributed by atoms with van der Waals surface area (Å²) in [6.45, 7) is 1.62. The monoisotopic (exact) mass is 474 g/mol. The van der Waals surface area contributed by atoms with Crippen LogP contribution >= 0.6 is 0 Å². The van der Waals surface area contributed by atoms with Gasteiger partial charge in [-0.1, -0.05) is 36.4 Å². The second kappa shape index (κ2) is 9.18. The van der Waals surface area contributed by atoms with Gasteiger partial charge in [-0.3, -0.25) is 24.5 Å². The van der Waals surface area contributed by atoms with Crippen LogP contribution in [0.2, 0.25) is 0 Å². The average molecular weight is 474 g/mol. The number of cyclic esters (lactones) is 1. The van der Waals surface area contributed by atoms with Crippen molar-refractivity contribution in [3.8, 4) is 5.75 Å². The van der Waals surface area contributed by atoms with Crippen molar-refractivity contribution in [3.63, 3.8) is 0 Å². The topological polar surface area (TPSA) is 153 Å². The van der Waals surface area contributed by atoms with Gasteiger partial charge >= 0.3 is 5.97 Å². The van der Waals surface area contributed by atoms with E-state index in [9.17, 15) is 34.4 Å². The van der Waals surface area contributed by atoms with Crippen molar-refractivity contribution in [2.45, 2.75) is 13.0 Å². The molecule has 0 saturated heterocycles. The molecule has 10 heteroatoms. The number of aromatic hydroxyl groups is 1. The van der Waals surface area contributed by atoms with Crippen LogP contribution in [0.3, 0.4) is 0 Å². The van der Waals surface area contributed by atoms with Crippen molar-refractivity contribution in [1.29, 1.82) is 0 Å². The molecule has 3 aromatic rings. The fourth-order valence-electron chi connectivity index (χ4n) is 3.89. The molecule has 0 spiro atoms. The Balaban J connectivity index is 1.75. The number of carbonyl (C=O) groups excluding carboxylic acids is 4. The highest BCUT2D eigenvalue weighted by atomic mass is 16.6. The van der Waals surface area contributed by atoms with Crippen LogP contribution in [0.5, 0.6) is 5.75 Å². The van der Waals surface area contributed by atoms with Crippen molar-refractivity contribution in [2.24, 2.45) is 5.92 Å². The van der Waals surface area contributed by atoms with Crippen LogP contribution in [-0.4, -0.2) is 33.5 Å². The molecule has 176 valence electrons. The molecule has 2 N–H and O–H groups in total. The molecule has 1 amide bonds. The molecule has 10 nitrogen and oxygen atoms in total. The fourth-order valence-corrected chi connectivity index (χ4v) is 3.89. The number of carbonyl (C=O) groups is 4. The second-order valence-corrected chi connectivity index (χ2v) is 7.87. The van der Waals surface area contributed by atoms with Crippen molar-refractivity contribution in [3.05, 3.63) is 99.1 Å². The Morgan fingerprint density at radius 3 is 2.46 bits per heavy atom. The minimum Gasteiger partial charge on any atom is -0.507 e. The van der Waals surface area contributed by atoms with Crippen LogP contribution < -0.4 is 5.32 Å². The number of ketones is 2. The maximum atomic E-state index is 13.4. The van der Waals surface area contributed by atoms with Crippen molar-refractivity contribution >= 4 is 34.8 Å². The van der Waals surface area contributed by atoms with Crippen LogP contribution in [-0.2, 0) is 14.3 Å². The smallest absolute Gasteiger partial charge is 0.339 e.